The zero-order valence-electron chi connectivity index (χ0n) is 21.7. The molecule has 7 nitrogen and oxygen atoms in total. The van der Waals surface area contributed by atoms with Crippen LogP contribution in [0.1, 0.15) is 41.6 Å². The lowest BCUT2D eigenvalue weighted by Crippen LogP contribution is -2.53. The summed E-state index contributed by atoms with van der Waals surface area (Å²) in [7, 11) is 1.42. The first-order valence-electron chi connectivity index (χ1n) is 13.3. The molecule has 2 fully saturated rings. The summed E-state index contributed by atoms with van der Waals surface area (Å²) in [6.07, 6.45) is 4.59. The molecule has 0 spiro atoms. The maximum atomic E-state index is 13.6. The van der Waals surface area contributed by atoms with Crippen LogP contribution < -0.4 is 5.32 Å². The molecule has 2 heterocycles. The number of aromatic nitrogens is 2. The summed E-state index contributed by atoms with van der Waals surface area (Å²) in [5, 5.41) is 9.21. The third-order valence-electron chi connectivity index (χ3n) is 8.14. The van der Waals surface area contributed by atoms with Gasteiger partial charge in [-0.05, 0) is 54.5 Å². The Kier molecular flexibility index (Phi) is 6.87. The molecule has 39 heavy (non-hydrogen) atoms. The molecule has 0 unspecified atom stereocenters. The molecule has 0 radical (unpaired) electrons. The first-order chi connectivity index (χ1) is 19.0. The Hall–Kier alpha value is -3.68. The van der Waals surface area contributed by atoms with E-state index in [4.69, 9.17) is 26.2 Å². The van der Waals surface area contributed by atoms with Gasteiger partial charge in [0.15, 0.2) is 0 Å². The normalized spacial score (nSPS) is 20.3. The number of amides is 1. The summed E-state index contributed by atoms with van der Waals surface area (Å²) < 4.78 is 12.5. The van der Waals surface area contributed by atoms with Gasteiger partial charge in [0.25, 0.3) is 5.91 Å². The summed E-state index contributed by atoms with van der Waals surface area (Å²) in [5.74, 6) is -0.443. The van der Waals surface area contributed by atoms with Crippen molar-refractivity contribution < 1.29 is 19.1 Å². The van der Waals surface area contributed by atoms with Gasteiger partial charge in [-0.15, -0.1) is 0 Å². The molecule has 1 N–H and O–H groups in total. The number of fused-ring (bicyclic) bond motifs is 1. The molecule has 1 amide bonds. The monoisotopic (exact) mass is 543 g/mol. The number of benzene rings is 3. The number of halogens is 1. The van der Waals surface area contributed by atoms with E-state index < -0.39 is 5.54 Å². The lowest BCUT2D eigenvalue weighted by molar-refractivity contribution is -0.146. The Balaban J connectivity index is 1.31. The minimum Gasteiger partial charge on any atom is -0.469 e. The van der Waals surface area contributed by atoms with Crippen LogP contribution in [0.25, 0.3) is 22.0 Å². The highest BCUT2D eigenvalue weighted by Gasteiger charge is 2.45. The van der Waals surface area contributed by atoms with E-state index in [9.17, 15) is 9.59 Å². The van der Waals surface area contributed by atoms with Crippen LogP contribution in [0.2, 0.25) is 5.02 Å². The second-order valence-electron chi connectivity index (χ2n) is 10.4. The highest BCUT2D eigenvalue weighted by atomic mass is 35.5. The lowest BCUT2D eigenvalue weighted by atomic mass is 9.86. The summed E-state index contributed by atoms with van der Waals surface area (Å²) in [6, 6.07) is 22.2. The van der Waals surface area contributed by atoms with Crippen LogP contribution in [-0.4, -0.2) is 48.0 Å². The Bertz CT molecular complexity index is 1500. The third-order valence-corrected chi connectivity index (χ3v) is 8.47. The van der Waals surface area contributed by atoms with Crippen molar-refractivity contribution in [3.63, 3.8) is 0 Å². The zero-order chi connectivity index (χ0) is 27.0. The maximum absolute atomic E-state index is 13.6. The highest BCUT2D eigenvalue weighted by Crippen LogP contribution is 2.39. The van der Waals surface area contributed by atoms with E-state index in [1.807, 2.05) is 22.9 Å². The van der Waals surface area contributed by atoms with Crippen LogP contribution in [0.15, 0.2) is 72.9 Å². The Morgan fingerprint density at radius 2 is 1.67 bits per heavy atom. The fourth-order valence-corrected chi connectivity index (χ4v) is 6.03. The third kappa shape index (κ3) is 4.60. The highest BCUT2D eigenvalue weighted by molar-refractivity contribution is 6.36. The quantitative estimate of drug-likeness (QED) is 0.320. The van der Waals surface area contributed by atoms with Gasteiger partial charge in [-0.1, -0.05) is 66.2 Å². The van der Waals surface area contributed by atoms with Crippen LogP contribution in [0.5, 0.6) is 0 Å². The van der Waals surface area contributed by atoms with Gasteiger partial charge in [0.05, 0.1) is 48.5 Å². The van der Waals surface area contributed by atoms with Crippen LogP contribution in [0.3, 0.4) is 0 Å². The standard InChI is InChI=1S/C31H30ClN3O4/c1-38-30(37)22-9-13-24(14-10-22)34-29(36)25-15-16-27(32)26-17-33-35(28(25)26)31(18-39-19-31)23-11-7-21(8-12-23)20-5-3-2-4-6-20/h2-8,11-12,15-17,22,24H,9-10,13-14,18-19H2,1H3,(H,34,36). The maximum Gasteiger partial charge on any atom is 0.308 e. The van der Waals surface area contributed by atoms with E-state index in [-0.39, 0.29) is 23.8 Å². The van der Waals surface area contributed by atoms with Crippen molar-refractivity contribution in [2.45, 2.75) is 37.3 Å². The SMILES string of the molecule is COC(=O)C1CCC(NC(=O)c2ccc(Cl)c3cnn(C4(c5ccc(-c6ccccc6)cc5)COC4)c23)CC1. The second-order valence-corrected chi connectivity index (χ2v) is 10.8. The zero-order valence-corrected chi connectivity index (χ0v) is 22.5. The molecular formula is C31H30ClN3O4. The minimum atomic E-state index is -0.546. The number of methoxy groups -OCH3 is 1. The predicted octanol–water partition coefficient (Wildman–Crippen LogP) is 5.59. The van der Waals surface area contributed by atoms with E-state index in [0.29, 0.717) is 42.2 Å². The van der Waals surface area contributed by atoms with Crippen molar-refractivity contribution in [1.29, 1.82) is 0 Å². The minimum absolute atomic E-state index is 0.00738. The summed E-state index contributed by atoms with van der Waals surface area (Å²) in [5.41, 5.74) is 4.01. The predicted molar refractivity (Wildman–Crippen MR) is 150 cm³/mol. The largest absolute Gasteiger partial charge is 0.469 e. The Morgan fingerprint density at radius 3 is 2.31 bits per heavy atom. The van der Waals surface area contributed by atoms with Gasteiger partial charge >= 0.3 is 5.97 Å². The second kappa shape index (κ2) is 10.5. The number of rotatable bonds is 6. The first kappa shape index (κ1) is 25.6. The van der Waals surface area contributed by atoms with E-state index in [1.165, 1.54) is 7.11 Å². The number of hydrogen-bond donors (Lipinski definition) is 1. The summed E-state index contributed by atoms with van der Waals surface area (Å²) >= 11 is 6.58. The Labute approximate surface area is 232 Å². The molecular weight excluding hydrogens is 514 g/mol. The van der Waals surface area contributed by atoms with Crippen LogP contribution in [0, 0.1) is 5.92 Å². The van der Waals surface area contributed by atoms with Crippen molar-refractivity contribution in [2.24, 2.45) is 5.92 Å². The van der Waals surface area contributed by atoms with Gasteiger partial charge in [-0.3, -0.25) is 9.59 Å². The van der Waals surface area contributed by atoms with Crippen molar-refractivity contribution in [2.75, 3.05) is 20.3 Å². The molecule has 8 heteroatoms. The molecule has 1 aliphatic carbocycles. The topological polar surface area (TPSA) is 82.5 Å². The number of esters is 1. The molecule has 4 aromatic rings. The van der Waals surface area contributed by atoms with Gasteiger partial charge in [-0.25, -0.2) is 4.68 Å². The fraction of sp³-hybridized carbons (Fsp3) is 0.323. The molecule has 2 aliphatic rings. The average Bonchev–Trinajstić information content (AvgIpc) is 3.39. The molecule has 1 saturated carbocycles. The van der Waals surface area contributed by atoms with Crippen LogP contribution in [0.4, 0.5) is 0 Å². The summed E-state index contributed by atoms with van der Waals surface area (Å²) in [6.45, 7) is 0.888. The number of nitrogens with one attached hydrogen (secondary N) is 1. The molecule has 1 aliphatic heterocycles. The molecule has 0 bridgehead atoms. The van der Waals surface area contributed by atoms with Gasteiger partial charge < -0.3 is 14.8 Å². The average molecular weight is 544 g/mol. The van der Waals surface area contributed by atoms with Crippen LogP contribution >= 0.6 is 11.6 Å². The molecule has 1 aromatic heterocycles. The van der Waals surface area contributed by atoms with E-state index in [2.05, 4.69) is 41.7 Å². The first-order valence-corrected chi connectivity index (χ1v) is 13.7. The number of carbonyl (C=O) groups excluding carboxylic acids is 2. The number of nitrogens with zero attached hydrogens (tertiary/aromatic N) is 2. The van der Waals surface area contributed by atoms with Crippen molar-refractivity contribution >= 4 is 34.4 Å². The summed E-state index contributed by atoms with van der Waals surface area (Å²) in [4.78, 5) is 25.5. The number of ether oxygens (including phenoxy) is 2. The van der Waals surface area contributed by atoms with Gasteiger partial charge in [0, 0.05) is 11.4 Å². The van der Waals surface area contributed by atoms with E-state index in [0.717, 1.165) is 34.9 Å². The molecule has 6 rings (SSSR count). The van der Waals surface area contributed by atoms with E-state index >= 15 is 0 Å². The molecule has 1 saturated heterocycles. The number of carbonyl (C=O) groups is 2. The Morgan fingerprint density at radius 1 is 0.974 bits per heavy atom. The molecule has 0 atom stereocenters. The van der Waals surface area contributed by atoms with Crippen molar-refractivity contribution in [3.8, 4) is 11.1 Å². The lowest BCUT2D eigenvalue weighted by Gasteiger charge is -2.42. The molecule has 3 aromatic carbocycles. The molecule has 200 valence electrons. The van der Waals surface area contributed by atoms with Crippen molar-refractivity contribution in [3.05, 3.63) is 89.1 Å². The number of hydrogen-bond acceptors (Lipinski definition) is 5. The van der Waals surface area contributed by atoms with Gasteiger partial charge in [0.1, 0.15) is 5.54 Å². The van der Waals surface area contributed by atoms with Crippen molar-refractivity contribution in [1.82, 2.24) is 15.1 Å². The van der Waals surface area contributed by atoms with Crippen LogP contribution in [-0.2, 0) is 19.8 Å². The smallest absolute Gasteiger partial charge is 0.308 e. The van der Waals surface area contributed by atoms with E-state index in [1.54, 1.807) is 18.3 Å². The van der Waals surface area contributed by atoms with Gasteiger partial charge in [0.2, 0.25) is 0 Å². The fourth-order valence-electron chi connectivity index (χ4n) is 5.83. The van der Waals surface area contributed by atoms with Gasteiger partial charge in [-0.2, -0.15) is 5.10 Å².